The van der Waals surface area contributed by atoms with Crippen LogP contribution < -0.4 is 15.8 Å². The van der Waals surface area contributed by atoms with Crippen molar-refractivity contribution >= 4 is 11.6 Å². The van der Waals surface area contributed by atoms with Crippen LogP contribution in [0.4, 0.5) is 10.1 Å². The molecular weight excluding hydrogens is 271 g/mol. The maximum atomic E-state index is 13.0. The number of nitrogens with one attached hydrogen (secondary N) is 1. The van der Waals surface area contributed by atoms with E-state index in [1.165, 1.54) is 18.2 Å². The van der Waals surface area contributed by atoms with E-state index < -0.39 is 5.82 Å². The fraction of sp³-hybridized carbons (Fsp3) is 0.188. The van der Waals surface area contributed by atoms with Gasteiger partial charge in [-0.3, -0.25) is 4.79 Å². The highest BCUT2D eigenvalue weighted by molar-refractivity contribution is 5.91. The van der Waals surface area contributed by atoms with Crippen LogP contribution in [0.15, 0.2) is 48.5 Å². The van der Waals surface area contributed by atoms with Gasteiger partial charge < -0.3 is 15.8 Å². The van der Waals surface area contributed by atoms with Crippen LogP contribution in [-0.4, -0.2) is 12.5 Å². The Kier molecular flexibility index (Phi) is 4.90. The molecule has 0 aliphatic carbocycles. The number of para-hydroxylation sites is 1. The molecule has 0 saturated carbocycles. The van der Waals surface area contributed by atoms with Gasteiger partial charge in [0, 0.05) is 17.3 Å². The molecule has 0 spiro atoms. The Morgan fingerprint density at radius 3 is 2.76 bits per heavy atom. The first-order valence-corrected chi connectivity index (χ1v) is 6.59. The highest BCUT2D eigenvalue weighted by atomic mass is 19.1. The number of carbonyl (C=O) groups is 1. The van der Waals surface area contributed by atoms with Crippen LogP contribution in [-0.2, 0) is 4.79 Å². The lowest BCUT2D eigenvalue weighted by molar-refractivity contribution is -0.118. The maximum absolute atomic E-state index is 13.0. The summed E-state index contributed by atoms with van der Waals surface area (Å²) in [5.41, 5.74) is 7.06. The molecule has 1 atom stereocenters. The molecule has 0 radical (unpaired) electrons. The summed E-state index contributed by atoms with van der Waals surface area (Å²) in [6.07, 6.45) is 0. The molecule has 5 heteroatoms. The van der Waals surface area contributed by atoms with Crippen LogP contribution in [0.2, 0.25) is 0 Å². The smallest absolute Gasteiger partial charge is 0.262 e. The number of anilines is 1. The van der Waals surface area contributed by atoms with Crippen LogP contribution >= 0.6 is 0 Å². The fourth-order valence-electron chi connectivity index (χ4n) is 1.89. The number of nitrogens with two attached hydrogens (primary N) is 1. The Bertz CT molecular complexity index is 629. The van der Waals surface area contributed by atoms with Gasteiger partial charge in [-0.2, -0.15) is 0 Å². The van der Waals surface area contributed by atoms with E-state index in [2.05, 4.69) is 5.32 Å². The van der Waals surface area contributed by atoms with Crippen molar-refractivity contribution in [1.82, 2.24) is 0 Å². The number of carbonyl (C=O) groups excluding carboxylic acids is 1. The van der Waals surface area contributed by atoms with Crippen molar-refractivity contribution in [1.29, 1.82) is 0 Å². The molecule has 110 valence electrons. The average molecular weight is 288 g/mol. The third kappa shape index (κ3) is 4.29. The maximum Gasteiger partial charge on any atom is 0.262 e. The van der Waals surface area contributed by atoms with E-state index >= 15 is 0 Å². The minimum absolute atomic E-state index is 0.166. The normalized spacial score (nSPS) is 11.8. The minimum atomic E-state index is -0.406. The first-order valence-electron chi connectivity index (χ1n) is 6.59. The van der Waals surface area contributed by atoms with Gasteiger partial charge in [-0.05, 0) is 31.2 Å². The number of benzene rings is 2. The Morgan fingerprint density at radius 1 is 1.29 bits per heavy atom. The van der Waals surface area contributed by atoms with Crippen molar-refractivity contribution in [2.45, 2.75) is 13.0 Å². The molecule has 0 aliphatic heterocycles. The zero-order valence-corrected chi connectivity index (χ0v) is 11.7. The van der Waals surface area contributed by atoms with E-state index in [0.29, 0.717) is 11.4 Å². The van der Waals surface area contributed by atoms with Gasteiger partial charge in [-0.15, -0.1) is 0 Å². The number of amides is 1. The molecule has 2 aromatic rings. The van der Waals surface area contributed by atoms with Crippen LogP contribution in [0.3, 0.4) is 0 Å². The quantitative estimate of drug-likeness (QED) is 0.889. The Balaban J connectivity index is 1.95. The number of ether oxygens (including phenoxy) is 1. The van der Waals surface area contributed by atoms with Crippen LogP contribution in [0, 0.1) is 5.82 Å². The topological polar surface area (TPSA) is 64.3 Å². The highest BCUT2D eigenvalue weighted by Gasteiger charge is 2.09. The molecule has 4 nitrogen and oxygen atoms in total. The van der Waals surface area contributed by atoms with Crippen LogP contribution in [0.5, 0.6) is 5.75 Å². The second-order valence-electron chi connectivity index (χ2n) is 4.67. The summed E-state index contributed by atoms with van der Waals surface area (Å²) in [4.78, 5) is 11.8. The average Bonchev–Trinajstić information content (AvgIpc) is 2.45. The van der Waals surface area contributed by atoms with E-state index in [1.54, 1.807) is 12.1 Å². The van der Waals surface area contributed by atoms with E-state index in [4.69, 9.17) is 10.5 Å². The van der Waals surface area contributed by atoms with Gasteiger partial charge in [0.2, 0.25) is 0 Å². The molecule has 0 heterocycles. The Labute approximate surface area is 122 Å². The van der Waals surface area contributed by atoms with Gasteiger partial charge >= 0.3 is 0 Å². The lowest BCUT2D eigenvalue weighted by Gasteiger charge is -2.13. The first kappa shape index (κ1) is 15.0. The molecule has 1 amide bonds. The second-order valence-corrected chi connectivity index (χ2v) is 4.67. The van der Waals surface area contributed by atoms with Gasteiger partial charge in [0.1, 0.15) is 11.6 Å². The van der Waals surface area contributed by atoms with Crippen molar-refractivity contribution in [3.63, 3.8) is 0 Å². The molecular formula is C16H17FN2O2. The lowest BCUT2D eigenvalue weighted by Crippen LogP contribution is -2.21. The fourth-order valence-corrected chi connectivity index (χ4v) is 1.89. The SMILES string of the molecule is C[C@H](N)c1ccccc1OCC(=O)Nc1cccc(F)c1. The lowest BCUT2D eigenvalue weighted by atomic mass is 10.1. The largest absolute Gasteiger partial charge is 0.483 e. The molecule has 21 heavy (non-hydrogen) atoms. The summed E-state index contributed by atoms with van der Waals surface area (Å²) < 4.78 is 18.5. The zero-order valence-electron chi connectivity index (χ0n) is 11.7. The third-order valence-corrected chi connectivity index (χ3v) is 2.88. The summed E-state index contributed by atoms with van der Waals surface area (Å²) in [5.74, 6) is -0.196. The van der Waals surface area contributed by atoms with Crippen molar-refractivity contribution < 1.29 is 13.9 Å². The summed E-state index contributed by atoms with van der Waals surface area (Å²) in [6.45, 7) is 1.68. The second kappa shape index (κ2) is 6.85. The highest BCUT2D eigenvalue weighted by Crippen LogP contribution is 2.23. The molecule has 2 rings (SSSR count). The van der Waals surface area contributed by atoms with E-state index in [1.807, 2.05) is 25.1 Å². The van der Waals surface area contributed by atoms with E-state index in [-0.39, 0.29) is 18.6 Å². The third-order valence-electron chi connectivity index (χ3n) is 2.88. The monoisotopic (exact) mass is 288 g/mol. The molecule has 0 aromatic heterocycles. The summed E-state index contributed by atoms with van der Waals surface area (Å²) in [6, 6.07) is 12.8. The van der Waals surface area contributed by atoms with Gasteiger partial charge in [0.05, 0.1) is 0 Å². The summed E-state index contributed by atoms with van der Waals surface area (Å²) in [7, 11) is 0. The molecule has 3 N–H and O–H groups in total. The summed E-state index contributed by atoms with van der Waals surface area (Å²) in [5, 5.41) is 2.57. The van der Waals surface area contributed by atoms with Crippen molar-refractivity contribution in [2.24, 2.45) is 5.73 Å². The molecule has 0 bridgehead atoms. The van der Waals surface area contributed by atoms with Crippen molar-refractivity contribution in [3.8, 4) is 5.75 Å². The first-order chi connectivity index (χ1) is 10.1. The number of hydrogen-bond donors (Lipinski definition) is 2. The standard InChI is InChI=1S/C16H17FN2O2/c1-11(18)14-7-2-3-8-15(14)21-10-16(20)19-13-6-4-5-12(17)9-13/h2-9,11H,10,18H2,1H3,(H,19,20)/t11-/m0/s1. The zero-order chi connectivity index (χ0) is 15.2. The van der Waals surface area contributed by atoms with Crippen LogP contribution in [0.1, 0.15) is 18.5 Å². The van der Waals surface area contributed by atoms with Gasteiger partial charge in [-0.25, -0.2) is 4.39 Å². The minimum Gasteiger partial charge on any atom is -0.483 e. The number of rotatable bonds is 5. The predicted molar refractivity (Wildman–Crippen MR) is 79.6 cm³/mol. The van der Waals surface area contributed by atoms with Crippen LogP contribution in [0.25, 0.3) is 0 Å². The predicted octanol–water partition coefficient (Wildman–Crippen LogP) is 2.86. The van der Waals surface area contributed by atoms with Crippen molar-refractivity contribution in [3.05, 3.63) is 59.9 Å². The molecule has 0 aliphatic rings. The summed E-state index contributed by atoms with van der Waals surface area (Å²) >= 11 is 0. The molecule has 0 fully saturated rings. The Hall–Kier alpha value is -2.40. The van der Waals surface area contributed by atoms with E-state index in [9.17, 15) is 9.18 Å². The van der Waals surface area contributed by atoms with Gasteiger partial charge in [-0.1, -0.05) is 24.3 Å². The number of halogens is 1. The van der Waals surface area contributed by atoms with Gasteiger partial charge in [0.15, 0.2) is 6.61 Å². The van der Waals surface area contributed by atoms with E-state index in [0.717, 1.165) is 5.56 Å². The number of hydrogen-bond acceptors (Lipinski definition) is 3. The molecule has 0 saturated heterocycles. The van der Waals surface area contributed by atoms with Crippen molar-refractivity contribution in [2.75, 3.05) is 11.9 Å². The molecule has 2 aromatic carbocycles. The molecule has 0 unspecified atom stereocenters. The Morgan fingerprint density at radius 2 is 2.05 bits per heavy atom. The van der Waals surface area contributed by atoms with Gasteiger partial charge in [0.25, 0.3) is 5.91 Å².